The van der Waals surface area contributed by atoms with Crippen LogP contribution in [0.25, 0.3) is 0 Å². The Morgan fingerprint density at radius 2 is 2.19 bits per heavy atom. The Morgan fingerprint density at radius 3 is 2.81 bits per heavy atom. The summed E-state index contributed by atoms with van der Waals surface area (Å²) in [5.41, 5.74) is 1.71. The lowest BCUT2D eigenvalue weighted by molar-refractivity contribution is 0.0748. The summed E-state index contributed by atoms with van der Waals surface area (Å²) in [5.74, 6) is 1.93. The molecule has 0 radical (unpaired) electrons. The second kappa shape index (κ2) is 6.69. The predicted octanol–water partition coefficient (Wildman–Crippen LogP) is 3.04. The number of pyridine rings is 1. The zero-order valence-corrected chi connectivity index (χ0v) is 14.2. The highest BCUT2D eigenvalue weighted by Crippen LogP contribution is 2.30. The van der Waals surface area contributed by atoms with Crippen LogP contribution in [0.1, 0.15) is 43.7 Å². The fourth-order valence-electron chi connectivity index (χ4n) is 2.54. The Hall–Kier alpha value is -1.23. The largest absolute Gasteiger partial charge is 0.370 e. The van der Waals surface area contributed by atoms with Crippen LogP contribution in [0.2, 0.25) is 0 Å². The molecule has 0 aliphatic carbocycles. The van der Waals surface area contributed by atoms with Gasteiger partial charge in [-0.1, -0.05) is 6.92 Å². The lowest BCUT2D eigenvalue weighted by Crippen LogP contribution is -2.46. The summed E-state index contributed by atoms with van der Waals surface area (Å²) in [6.07, 6.45) is 0.834. The molecule has 0 spiro atoms. The molecule has 1 aliphatic heterocycles. The van der Waals surface area contributed by atoms with Crippen LogP contribution in [0.5, 0.6) is 0 Å². The monoisotopic (exact) mass is 307 g/mol. The molecule has 21 heavy (non-hydrogen) atoms. The third-order valence-electron chi connectivity index (χ3n) is 3.56. The van der Waals surface area contributed by atoms with Crippen LogP contribution < -0.4 is 5.32 Å². The molecule has 0 atom stereocenters. The van der Waals surface area contributed by atoms with Crippen LogP contribution in [0.3, 0.4) is 0 Å². The lowest BCUT2D eigenvalue weighted by atomic mass is 10.1. The lowest BCUT2D eigenvalue weighted by Gasteiger charge is -2.37. The first-order valence-corrected chi connectivity index (χ1v) is 8.62. The molecule has 1 aromatic heterocycles. The van der Waals surface area contributed by atoms with Gasteiger partial charge in [0.05, 0.1) is 0 Å². The van der Waals surface area contributed by atoms with E-state index < -0.39 is 0 Å². The van der Waals surface area contributed by atoms with E-state index in [9.17, 15) is 4.79 Å². The molecule has 0 unspecified atom stereocenters. The van der Waals surface area contributed by atoms with Gasteiger partial charge in [-0.15, -0.1) is 0 Å². The molecule has 5 heteroatoms. The molecule has 4 nitrogen and oxygen atoms in total. The first-order chi connectivity index (χ1) is 9.95. The highest BCUT2D eigenvalue weighted by molar-refractivity contribution is 8.00. The number of rotatable bonds is 4. The number of carbonyl (C=O) groups excluding carboxylic acids is 1. The number of hydrogen-bond acceptors (Lipinski definition) is 4. The third-order valence-corrected chi connectivity index (χ3v) is 4.86. The van der Waals surface area contributed by atoms with Gasteiger partial charge in [0, 0.05) is 41.4 Å². The number of hydrogen-bond donors (Lipinski definition) is 1. The number of anilines is 1. The van der Waals surface area contributed by atoms with Gasteiger partial charge in [-0.05, 0) is 39.3 Å². The summed E-state index contributed by atoms with van der Waals surface area (Å²) in [7, 11) is 0. The first kappa shape index (κ1) is 16.1. The maximum absolute atomic E-state index is 12.8. The minimum absolute atomic E-state index is 0.125. The van der Waals surface area contributed by atoms with Crippen LogP contribution in [-0.4, -0.2) is 45.9 Å². The maximum atomic E-state index is 12.8. The van der Waals surface area contributed by atoms with Crippen molar-refractivity contribution in [1.82, 2.24) is 9.88 Å². The standard InChI is InChI=1S/C16H25N3OS/c1-5-13-9-12(10-14(18-13)17-6-2)15(20)19-7-8-21-16(3,4)11-19/h9-10H,5-8,11H2,1-4H3,(H,17,18). The third kappa shape index (κ3) is 4.13. The molecule has 1 N–H and O–H groups in total. The Morgan fingerprint density at radius 1 is 1.43 bits per heavy atom. The van der Waals surface area contributed by atoms with Crippen molar-refractivity contribution < 1.29 is 4.79 Å². The number of thioether (sulfide) groups is 1. The van der Waals surface area contributed by atoms with Crippen molar-refractivity contribution in [2.24, 2.45) is 0 Å². The summed E-state index contributed by atoms with van der Waals surface area (Å²) in [5, 5.41) is 3.21. The molecular formula is C16H25N3OS. The molecule has 1 aliphatic rings. The van der Waals surface area contributed by atoms with Gasteiger partial charge in [-0.3, -0.25) is 4.79 Å². The molecule has 1 saturated heterocycles. The summed E-state index contributed by atoms with van der Waals surface area (Å²) in [6.45, 7) is 10.9. The van der Waals surface area contributed by atoms with Crippen molar-refractivity contribution in [3.8, 4) is 0 Å². The molecule has 0 aromatic carbocycles. The van der Waals surface area contributed by atoms with Crippen molar-refractivity contribution in [3.63, 3.8) is 0 Å². The second-order valence-electron chi connectivity index (χ2n) is 5.95. The van der Waals surface area contributed by atoms with E-state index in [2.05, 4.69) is 31.1 Å². The van der Waals surface area contributed by atoms with Crippen LogP contribution in [0.4, 0.5) is 5.82 Å². The minimum Gasteiger partial charge on any atom is -0.370 e. The van der Waals surface area contributed by atoms with E-state index in [4.69, 9.17) is 0 Å². The van der Waals surface area contributed by atoms with Crippen molar-refractivity contribution >= 4 is 23.5 Å². The zero-order valence-electron chi connectivity index (χ0n) is 13.4. The molecule has 2 rings (SSSR count). The molecule has 2 heterocycles. The normalized spacial score (nSPS) is 17.6. The smallest absolute Gasteiger partial charge is 0.254 e. The first-order valence-electron chi connectivity index (χ1n) is 7.63. The number of aromatic nitrogens is 1. The number of nitrogens with one attached hydrogen (secondary N) is 1. The van der Waals surface area contributed by atoms with Crippen molar-refractivity contribution in [1.29, 1.82) is 0 Å². The highest BCUT2D eigenvalue weighted by Gasteiger charge is 2.30. The Kier molecular flexibility index (Phi) is 5.14. The van der Waals surface area contributed by atoms with E-state index in [1.54, 1.807) is 0 Å². The van der Waals surface area contributed by atoms with E-state index in [1.807, 2.05) is 35.7 Å². The average Bonchev–Trinajstić information content (AvgIpc) is 2.45. The Balaban J connectivity index is 2.23. The number of amides is 1. The Labute approximate surface area is 131 Å². The van der Waals surface area contributed by atoms with E-state index in [0.717, 1.165) is 48.9 Å². The number of aryl methyl sites for hydroxylation is 1. The molecule has 116 valence electrons. The summed E-state index contributed by atoms with van der Waals surface area (Å²) >= 11 is 1.94. The quantitative estimate of drug-likeness (QED) is 0.928. The molecule has 0 bridgehead atoms. The van der Waals surface area contributed by atoms with Crippen molar-refractivity contribution in [2.75, 3.05) is 30.7 Å². The van der Waals surface area contributed by atoms with Gasteiger partial charge in [0.25, 0.3) is 5.91 Å². The average molecular weight is 307 g/mol. The fraction of sp³-hybridized carbons (Fsp3) is 0.625. The fourth-order valence-corrected chi connectivity index (χ4v) is 3.65. The topological polar surface area (TPSA) is 45.2 Å². The minimum atomic E-state index is 0.125. The zero-order chi connectivity index (χ0) is 15.5. The molecule has 1 amide bonds. The van der Waals surface area contributed by atoms with Gasteiger partial charge in [-0.2, -0.15) is 11.8 Å². The SMILES string of the molecule is CCNc1cc(C(=O)N2CCSC(C)(C)C2)cc(CC)n1. The molecular weight excluding hydrogens is 282 g/mol. The number of carbonyl (C=O) groups is 1. The van der Waals surface area contributed by atoms with Crippen molar-refractivity contribution in [3.05, 3.63) is 23.4 Å². The molecule has 1 fully saturated rings. The Bertz CT molecular complexity index is 516. The van der Waals surface area contributed by atoms with Crippen LogP contribution in [-0.2, 0) is 6.42 Å². The van der Waals surface area contributed by atoms with E-state index in [0.29, 0.717) is 0 Å². The van der Waals surface area contributed by atoms with Crippen LogP contribution >= 0.6 is 11.8 Å². The highest BCUT2D eigenvalue weighted by atomic mass is 32.2. The van der Waals surface area contributed by atoms with Crippen molar-refractivity contribution in [2.45, 2.75) is 38.9 Å². The van der Waals surface area contributed by atoms with Gasteiger partial charge in [-0.25, -0.2) is 4.98 Å². The summed E-state index contributed by atoms with van der Waals surface area (Å²) < 4.78 is 0.138. The summed E-state index contributed by atoms with van der Waals surface area (Å²) in [4.78, 5) is 19.3. The van der Waals surface area contributed by atoms with E-state index in [-0.39, 0.29) is 10.7 Å². The van der Waals surface area contributed by atoms with Gasteiger partial charge in [0.2, 0.25) is 0 Å². The van der Waals surface area contributed by atoms with E-state index >= 15 is 0 Å². The maximum Gasteiger partial charge on any atom is 0.254 e. The summed E-state index contributed by atoms with van der Waals surface area (Å²) in [6, 6.07) is 3.80. The van der Waals surface area contributed by atoms with Gasteiger partial charge in [0.1, 0.15) is 5.82 Å². The number of nitrogens with zero attached hydrogens (tertiary/aromatic N) is 2. The molecule has 0 saturated carbocycles. The van der Waals surface area contributed by atoms with Crippen LogP contribution in [0.15, 0.2) is 12.1 Å². The van der Waals surface area contributed by atoms with E-state index in [1.165, 1.54) is 0 Å². The van der Waals surface area contributed by atoms with Gasteiger partial charge in [0.15, 0.2) is 0 Å². The second-order valence-corrected chi connectivity index (χ2v) is 7.75. The van der Waals surface area contributed by atoms with Crippen LogP contribution in [0, 0.1) is 0 Å². The van der Waals surface area contributed by atoms with Gasteiger partial charge >= 0.3 is 0 Å². The van der Waals surface area contributed by atoms with Gasteiger partial charge < -0.3 is 10.2 Å². The molecule has 1 aromatic rings. The predicted molar refractivity (Wildman–Crippen MR) is 90.2 cm³/mol.